The quantitative estimate of drug-likeness (QED) is 0.894. The van der Waals surface area contributed by atoms with Gasteiger partial charge < -0.3 is 10.0 Å². The monoisotopic (exact) mass is 355 g/mol. The summed E-state index contributed by atoms with van der Waals surface area (Å²) >= 11 is 0. The number of carbonyl (C=O) groups is 2. The molecule has 6 nitrogen and oxygen atoms in total. The van der Waals surface area contributed by atoms with Crippen LogP contribution in [0.3, 0.4) is 0 Å². The van der Waals surface area contributed by atoms with Crippen molar-refractivity contribution in [3.05, 3.63) is 47.3 Å². The molecule has 0 aliphatic carbocycles. The Hall–Kier alpha value is -2.84. The van der Waals surface area contributed by atoms with Crippen molar-refractivity contribution in [2.75, 3.05) is 13.1 Å². The van der Waals surface area contributed by atoms with Gasteiger partial charge in [0, 0.05) is 18.7 Å². The first kappa shape index (κ1) is 18.5. The predicted octanol–water partition coefficient (Wildman–Crippen LogP) is 3.07. The van der Waals surface area contributed by atoms with E-state index >= 15 is 0 Å². The molecule has 1 amide bonds. The van der Waals surface area contributed by atoms with Crippen LogP contribution in [0.25, 0.3) is 5.69 Å². The fourth-order valence-electron chi connectivity index (χ4n) is 2.41. The lowest BCUT2D eigenvalue weighted by atomic mass is 10.1. The summed E-state index contributed by atoms with van der Waals surface area (Å²) in [5.74, 6) is -1.95. The predicted molar refractivity (Wildman–Crippen MR) is 82.8 cm³/mol. The summed E-state index contributed by atoms with van der Waals surface area (Å²) in [6.07, 6.45) is -4.24. The minimum absolute atomic E-state index is 0.0101. The van der Waals surface area contributed by atoms with E-state index in [2.05, 4.69) is 5.10 Å². The van der Waals surface area contributed by atoms with Crippen LogP contribution in [0, 0.1) is 0 Å². The average molecular weight is 355 g/mol. The van der Waals surface area contributed by atoms with Crippen LogP contribution in [0.1, 0.15) is 40.3 Å². The van der Waals surface area contributed by atoms with Gasteiger partial charge in [-0.3, -0.25) is 4.79 Å². The SMILES string of the molecule is CCN(CC)C(=O)c1ccc(-n2ncc(C(=O)O)c2C(F)(F)F)cc1. The van der Waals surface area contributed by atoms with Crippen molar-refractivity contribution in [3.8, 4) is 5.69 Å². The highest BCUT2D eigenvalue weighted by atomic mass is 19.4. The van der Waals surface area contributed by atoms with Gasteiger partial charge >= 0.3 is 12.1 Å². The Morgan fingerprint density at radius 2 is 1.72 bits per heavy atom. The van der Waals surface area contributed by atoms with E-state index in [1.807, 2.05) is 13.8 Å². The van der Waals surface area contributed by atoms with Gasteiger partial charge in [-0.1, -0.05) is 0 Å². The van der Waals surface area contributed by atoms with E-state index in [9.17, 15) is 22.8 Å². The van der Waals surface area contributed by atoms with E-state index in [-0.39, 0.29) is 11.6 Å². The maximum atomic E-state index is 13.2. The second-order valence-electron chi connectivity index (χ2n) is 5.15. The molecule has 0 spiro atoms. The van der Waals surface area contributed by atoms with Crippen LogP contribution in [-0.2, 0) is 6.18 Å². The summed E-state index contributed by atoms with van der Waals surface area (Å²) in [6, 6.07) is 5.37. The number of aromatic carboxylic acids is 1. The van der Waals surface area contributed by atoms with E-state index < -0.39 is 23.4 Å². The second-order valence-corrected chi connectivity index (χ2v) is 5.15. The lowest BCUT2D eigenvalue weighted by molar-refractivity contribution is -0.143. The maximum absolute atomic E-state index is 13.2. The lowest BCUT2D eigenvalue weighted by Gasteiger charge is -2.18. The molecule has 0 fully saturated rings. The van der Waals surface area contributed by atoms with Crippen molar-refractivity contribution in [1.29, 1.82) is 0 Å². The number of halogens is 3. The fourth-order valence-corrected chi connectivity index (χ4v) is 2.41. The van der Waals surface area contributed by atoms with Gasteiger partial charge in [0.05, 0.1) is 11.9 Å². The number of carboxylic acids is 1. The van der Waals surface area contributed by atoms with E-state index in [1.165, 1.54) is 24.3 Å². The summed E-state index contributed by atoms with van der Waals surface area (Å²) in [5.41, 5.74) is -1.97. The number of aromatic nitrogens is 2. The largest absolute Gasteiger partial charge is 0.478 e. The van der Waals surface area contributed by atoms with Gasteiger partial charge in [-0.15, -0.1) is 0 Å². The molecule has 1 N–H and O–H groups in total. The molecular formula is C16H16F3N3O3. The number of rotatable bonds is 5. The third-order valence-electron chi connectivity index (χ3n) is 3.68. The topological polar surface area (TPSA) is 75.4 Å². The van der Waals surface area contributed by atoms with Gasteiger partial charge in [-0.05, 0) is 38.1 Å². The average Bonchev–Trinajstić information content (AvgIpc) is 3.01. The van der Waals surface area contributed by atoms with Gasteiger partial charge in [0.2, 0.25) is 0 Å². The van der Waals surface area contributed by atoms with Crippen molar-refractivity contribution >= 4 is 11.9 Å². The molecule has 0 atom stereocenters. The van der Waals surface area contributed by atoms with E-state index in [0.29, 0.717) is 29.5 Å². The first-order chi connectivity index (χ1) is 11.7. The molecule has 0 saturated carbocycles. The summed E-state index contributed by atoms with van der Waals surface area (Å²) in [4.78, 5) is 24.8. The Morgan fingerprint density at radius 3 is 2.16 bits per heavy atom. The Labute approximate surface area is 141 Å². The maximum Gasteiger partial charge on any atom is 0.434 e. The number of carbonyl (C=O) groups excluding carboxylic acids is 1. The molecule has 1 heterocycles. The zero-order valence-electron chi connectivity index (χ0n) is 13.5. The van der Waals surface area contributed by atoms with Gasteiger partial charge in [0.15, 0.2) is 5.69 Å². The molecule has 1 aromatic carbocycles. The third kappa shape index (κ3) is 3.65. The fraction of sp³-hybridized carbons (Fsp3) is 0.312. The van der Waals surface area contributed by atoms with Crippen LogP contribution >= 0.6 is 0 Å². The number of amides is 1. The molecule has 0 bridgehead atoms. The molecule has 0 radical (unpaired) electrons. The first-order valence-electron chi connectivity index (χ1n) is 7.48. The van der Waals surface area contributed by atoms with Gasteiger partial charge in [-0.2, -0.15) is 18.3 Å². The van der Waals surface area contributed by atoms with Gasteiger partial charge in [-0.25, -0.2) is 9.48 Å². The van der Waals surface area contributed by atoms with E-state index in [0.717, 1.165) is 0 Å². The molecule has 1 aromatic heterocycles. The summed E-state index contributed by atoms with van der Waals surface area (Å²) in [6.45, 7) is 4.66. The zero-order chi connectivity index (χ0) is 18.8. The van der Waals surface area contributed by atoms with Crippen LogP contribution < -0.4 is 0 Å². The molecule has 134 valence electrons. The number of nitrogens with zero attached hydrogens (tertiary/aromatic N) is 3. The number of benzene rings is 1. The standard InChI is InChI=1S/C16H16F3N3O3/c1-3-21(4-2)14(23)10-5-7-11(8-6-10)22-13(16(17,18)19)12(9-20-22)15(24)25/h5-9H,3-4H2,1-2H3,(H,24,25). The van der Waals surface area contributed by atoms with Crippen molar-refractivity contribution in [1.82, 2.24) is 14.7 Å². The zero-order valence-corrected chi connectivity index (χ0v) is 13.5. The first-order valence-corrected chi connectivity index (χ1v) is 7.48. The van der Waals surface area contributed by atoms with Crippen LogP contribution in [0.4, 0.5) is 13.2 Å². The lowest BCUT2D eigenvalue weighted by Crippen LogP contribution is -2.30. The van der Waals surface area contributed by atoms with Crippen LogP contribution in [0.5, 0.6) is 0 Å². The highest BCUT2D eigenvalue weighted by Crippen LogP contribution is 2.33. The highest BCUT2D eigenvalue weighted by molar-refractivity contribution is 5.94. The molecule has 0 aliphatic heterocycles. The second kappa shape index (κ2) is 6.96. The van der Waals surface area contributed by atoms with E-state index in [1.54, 1.807) is 4.90 Å². The van der Waals surface area contributed by atoms with Crippen LogP contribution in [0.2, 0.25) is 0 Å². The smallest absolute Gasteiger partial charge is 0.434 e. The summed E-state index contributed by atoms with van der Waals surface area (Å²) in [5, 5.41) is 12.5. The van der Waals surface area contributed by atoms with Crippen molar-refractivity contribution in [2.24, 2.45) is 0 Å². The molecule has 9 heteroatoms. The van der Waals surface area contributed by atoms with Crippen molar-refractivity contribution in [3.63, 3.8) is 0 Å². The minimum Gasteiger partial charge on any atom is -0.478 e. The molecule has 25 heavy (non-hydrogen) atoms. The normalized spacial score (nSPS) is 11.4. The summed E-state index contributed by atoms with van der Waals surface area (Å²) in [7, 11) is 0. The number of carboxylic acid groups (broad SMARTS) is 1. The Kier molecular flexibility index (Phi) is 5.15. The number of hydrogen-bond acceptors (Lipinski definition) is 3. The Balaban J connectivity index is 2.44. The number of hydrogen-bond donors (Lipinski definition) is 1. The Bertz CT molecular complexity index is 778. The van der Waals surface area contributed by atoms with Gasteiger partial charge in [0.25, 0.3) is 5.91 Å². The Morgan fingerprint density at radius 1 is 1.16 bits per heavy atom. The molecule has 2 aromatic rings. The third-order valence-corrected chi connectivity index (χ3v) is 3.68. The van der Waals surface area contributed by atoms with Crippen molar-refractivity contribution < 1.29 is 27.9 Å². The van der Waals surface area contributed by atoms with Crippen LogP contribution in [-0.4, -0.2) is 44.8 Å². The molecule has 2 rings (SSSR count). The van der Waals surface area contributed by atoms with Gasteiger partial charge in [0.1, 0.15) is 5.56 Å². The molecule has 0 unspecified atom stereocenters. The molecular weight excluding hydrogens is 339 g/mol. The summed E-state index contributed by atoms with van der Waals surface area (Å²) < 4.78 is 40.1. The van der Waals surface area contributed by atoms with Crippen molar-refractivity contribution in [2.45, 2.75) is 20.0 Å². The van der Waals surface area contributed by atoms with E-state index in [4.69, 9.17) is 5.11 Å². The minimum atomic E-state index is -4.89. The van der Waals surface area contributed by atoms with Crippen LogP contribution in [0.15, 0.2) is 30.5 Å². The molecule has 0 saturated heterocycles. The molecule has 0 aliphatic rings. The number of alkyl halides is 3. The highest BCUT2D eigenvalue weighted by Gasteiger charge is 2.40.